The fourth-order valence-electron chi connectivity index (χ4n) is 7.24. The Morgan fingerprint density at radius 2 is 2.21 bits per heavy atom. The number of rotatable bonds is 1. The highest BCUT2D eigenvalue weighted by Gasteiger charge is 2.77. The number of nitrogens with one attached hydrogen (secondary N) is 2. The molecule has 1 aromatic rings. The number of nitrogens with zero attached hydrogens (tertiary/aromatic N) is 3. The molecule has 1 saturated heterocycles. The molecular formula is C19H26N8O2. The maximum absolute atomic E-state index is 13.5. The number of hydrogen-bond donors (Lipinski definition) is 6. The molecule has 1 aromatic heterocycles. The molecule has 10 nitrogen and oxygen atoms in total. The number of carbonyl (C=O) groups is 1. The van der Waals surface area contributed by atoms with Crippen molar-refractivity contribution in [3.63, 3.8) is 0 Å². The molecule has 9 N–H and O–H groups in total. The van der Waals surface area contributed by atoms with Crippen LogP contribution < -0.4 is 27.8 Å². The number of amides is 1. The van der Waals surface area contributed by atoms with Crippen LogP contribution in [0.2, 0.25) is 0 Å². The highest BCUT2D eigenvalue weighted by Crippen LogP contribution is 2.68. The first-order valence-electron chi connectivity index (χ1n) is 10.1. The van der Waals surface area contributed by atoms with Crippen molar-refractivity contribution >= 4 is 11.9 Å². The van der Waals surface area contributed by atoms with E-state index in [1.54, 1.807) is 0 Å². The summed E-state index contributed by atoms with van der Waals surface area (Å²) in [5.74, 6) is 0.779. The van der Waals surface area contributed by atoms with Gasteiger partial charge in [0.15, 0.2) is 17.8 Å². The van der Waals surface area contributed by atoms with Crippen LogP contribution in [-0.2, 0) is 0 Å². The Bertz CT molecular complexity index is 987. The van der Waals surface area contributed by atoms with E-state index < -0.39 is 23.5 Å². The number of aromatic nitrogens is 1. The molecule has 1 saturated carbocycles. The Kier molecular flexibility index (Phi) is 2.99. The Balaban J connectivity index is 1.62. The molecule has 0 aromatic carbocycles. The second kappa shape index (κ2) is 5.06. The Morgan fingerprint density at radius 3 is 2.90 bits per heavy atom. The fourth-order valence-corrected chi connectivity index (χ4v) is 7.24. The largest absolute Gasteiger partial charge is 0.386 e. The van der Waals surface area contributed by atoms with Crippen LogP contribution in [-0.4, -0.2) is 51.4 Å². The number of guanidine groups is 1. The molecule has 154 valence electrons. The summed E-state index contributed by atoms with van der Waals surface area (Å²) < 4.78 is 1.89. The molecule has 1 unspecified atom stereocenters. The fraction of sp³-hybridized carbons (Fsp3) is 0.579. The van der Waals surface area contributed by atoms with Crippen LogP contribution in [0.25, 0.3) is 0 Å². The number of fused-ring (bicyclic) bond motifs is 4. The van der Waals surface area contributed by atoms with E-state index in [1.165, 1.54) is 0 Å². The predicted molar refractivity (Wildman–Crippen MR) is 105 cm³/mol. The van der Waals surface area contributed by atoms with Crippen LogP contribution in [0.3, 0.4) is 0 Å². The van der Waals surface area contributed by atoms with Crippen LogP contribution in [0.1, 0.15) is 23.6 Å². The van der Waals surface area contributed by atoms with Crippen molar-refractivity contribution < 1.29 is 9.90 Å². The standard InChI is InChI=1S/C19H26N8O2/c1-8-9(6-20)10-7-27-14(28)11-3-2-4-26(11)15-19(27,25-17(22)24-15)13(10)18(8)5-12(21)23-16(18)29/h2-5,8-10,13,15-16,23,29H,6-7,20-21H2,1H3,(H3,22,24,25)/t8-,9+,10+,13+,15+,16+,18+,19?/m0/s1. The van der Waals surface area contributed by atoms with Crippen molar-refractivity contribution in [2.45, 2.75) is 25.0 Å². The molecule has 8 atom stereocenters. The smallest absolute Gasteiger partial charge is 0.272 e. The van der Waals surface area contributed by atoms with Gasteiger partial charge in [-0.25, -0.2) is 4.99 Å². The second-order valence-corrected chi connectivity index (χ2v) is 9.03. The molecular weight excluding hydrogens is 372 g/mol. The van der Waals surface area contributed by atoms with Crippen molar-refractivity contribution in [2.75, 3.05) is 13.1 Å². The van der Waals surface area contributed by atoms with Gasteiger partial charge in [-0.15, -0.1) is 0 Å². The molecule has 5 aliphatic rings. The first-order chi connectivity index (χ1) is 13.9. The minimum absolute atomic E-state index is 0.0611. The van der Waals surface area contributed by atoms with E-state index in [0.29, 0.717) is 30.6 Å². The number of nitrogens with two attached hydrogens (primary N) is 3. The van der Waals surface area contributed by atoms with Crippen LogP contribution in [0.15, 0.2) is 35.2 Å². The van der Waals surface area contributed by atoms with Crippen molar-refractivity contribution in [3.8, 4) is 0 Å². The minimum Gasteiger partial charge on any atom is -0.386 e. The monoisotopic (exact) mass is 398 g/mol. The van der Waals surface area contributed by atoms with E-state index in [2.05, 4.69) is 17.6 Å². The molecule has 2 spiro atoms. The van der Waals surface area contributed by atoms with Crippen LogP contribution in [0.5, 0.6) is 0 Å². The van der Waals surface area contributed by atoms with Crippen molar-refractivity contribution in [1.29, 1.82) is 0 Å². The summed E-state index contributed by atoms with van der Waals surface area (Å²) >= 11 is 0. The van der Waals surface area contributed by atoms with Crippen LogP contribution in [0.4, 0.5) is 0 Å². The molecule has 29 heavy (non-hydrogen) atoms. The quantitative estimate of drug-likeness (QED) is 0.327. The summed E-state index contributed by atoms with van der Waals surface area (Å²) in [6.07, 6.45) is 2.52. The zero-order chi connectivity index (χ0) is 20.3. The van der Waals surface area contributed by atoms with E-state index in [9.17, 15) is 9.90 Å². The van der Waals surface area contributed by atoms with Gasteiger partial charge in [-0.1, -0.05) is 6.92 Å². The lowest BCUT2D eigenvalue weighted by molar-refractivity contribution is -0.0631. The maximum atomic E-state index is 13.5. The van der Waals surface area contributed by atoms with E-state index in [4.69, 9.17) is 22.2 Å². The number of carbonyl (C=O) groups excluding carboxylic acids is 1. The highest BCUT2D eigenvalue weighted by molar-refractivity contribution is 5.96. The highest BCUT2D eigenvalue weighted by atomic mass is 16.3. The molecule has 0 bridgehead atoms. The van der Waals surface area contributed by atoms with E-state index in [1.807, 2.05) is 33.9 Å². The topological polar surface area (TPSA) is 160 Å². The summed E-state index contributed by atoms with van der Waals surface area (Å²) in [6, 6.07) is 3.66. The molecule has 10 heteroatoms. The number of hydrogen-bond acceptors (Lipinski definition) is 8. The maximum Gasteiger partial charge on any atom is 0.272 e. The van der Waals surface area contributed by atoms with Gasteiger partial charge < -0.3 is 42.4 Å². The molecule has 4 aliphatic heterocycles. The van der Waals surface area contributed by atoms with Gasteiger partial charge in [-0.05, 0) is 42.5 Å². The van der Waals surface area contributed by atoms with E-state index >= 15 is 0 Å². The first kappa shape index (κ1) is 17.2. The molecule has 2 fully saturated rings. The van der Waals surface area contributed by atoms with E-state index in [-0.39, 0.29) is 29.6 Å². The lowest BCUT2D eigenvalue weighted by Gasteiger charge is -2.51. The normalized spacial score (nSPS) is 46.6. The molecule has 6 rings (SSSR count). The summed E-state index contributed by atoms with van der Waals surface area (Å²) in [7, 11) is 0. The third-order valence-electron chi connectivity index (χ3n) is 8.21. The Hall–Kier alpha value is -2.72. The average Bonchev–Trinajstić information content (AvgIpc) is 3.42. The zero-order valence-electron chi connectivity index (χ0n) is 16.1. The van der Waals surface area contributed by atoms with Gasteiger partial charge >= 0.3 is 0 Å². The molecule has 0 radical (unpaired) electrons. The molecule has 5 heterocycles. The van der Waals surface area contributed by atoms with Crippen LogP contribution >= 0.6 is 0 Å². The summed E-state index contributed by atoms with van der Waals surface area (Å²) in [5.41, 5.74) is 17.6. The SMILES string of the molecule is C[C@H]1[C@@H](CN)[C@H]2CN3C(=O)c4cccn4[C@H]4N=C(N)NC43[C@H]2[C@@]12C=C(N)N[C@@H]2O. The van der Waals surface area contributed by atoms with Crippen LogP contribution in [0, 0.1) is 29.1 Å². The van der Waals surface area contributed by atoms with E-state index in [0.717, 1.165) is 0 Å². The third-order valence-corrected chi connectivity index (χ3v) is 8.21. The zero-order valence-corrected chi connectivity index (χ0v) is 16.1. The predicted octanol–water partition coefficient (Wildman–Crippen LogP) is -1.76. The molecule has 1 aliphatic carbocycles. The number of aliphatic hydroxyl groups is 1. The van der Waals surface area contributed by atoms with Gasteiger partial charge in [0.1, 0.15) is 11.9 Å². The summed E-state index contributed by atoms with van der Waals surface area (Å²) in [5, 5.41) is 17.6. The van der Waals surface area contributed by atoms with Crippen molar-refractivity contribution in [1.82, 2.24) is 20.1 Å². The minimum atomic E-state index is -0.875. The van der Waals surface area contributed by atoms with Gasteiger partial charge in [0.2, 0.25) is 0 Å². The second-order valence-electron chi connectivity index (χ2n) is 9.03. The average molecular weight is 398 g/mol. The summed E-state index contributed by atoms with van der Waals surface area (Å²) in [4.78, 5) is 20.1. The Morgan fingerprint density at radius 1 is 1.41 bits per heavy atom. The number of aliphatic hydroxyl groups excluding tert-OH is 1. The van der Waals surface area contributed by atoms with Crippen molar-refractivity contribution in [3.05, 3.63) is 35.9 Å². The lowest BCUT2D eigenvalue weighted by atomic mass is 9.65. The Labute approximate surface area is 167 Å². The van der Waals surface area contributed by atoms with Gasteiger partial charge in [0.05, 0.1) is 5.82 Å². The van der Waals surface area contributed by atoms with Crippen molar-refractivity contribution in [2.24, 2.45) is 51.3 Å². The lowest BCUT2D eigenvalue weighted by Crippen LogP contribution is -2.69. The number of aliphatic imine (C=N–C) groups is 1. The summed E-state index contributed by atoms with van der Waals surface area (Å²) in [6.45, 7) is 3.13. The van der Waals surface area contributed by atoms with Gasteiger partial charge in [-0.2, -0.15) is 0 Å². The molecule has 1 amide bonds. The van der Waals surface area contributed by atoms with Gasteiger partial charge in [-0.3, -0.25) is 4.79 Å². The van der Waals surface area contributed by atoms with Gasteiger partial charge in [0.25, 0.3) is 5.91 Å². The first-order valence-corrected chi connectivity index (χ1v) is 10.1. The third kappa shape index (κ3) is 1.64. The van der Waals surface area contributed by atoms with Gasteiger partial charge in [0, 0.05) is 24.1 Å².